The second kappa shape index (κ2) is 7.52. The summed E-state index contributed by atoms with van der Waals surface area (Å²) in [5.74, 6) is -0.445. The maximum atomic E-state index is 13.0. The van der Waals surface area contributed by atoms with E-state index in [-0.39, 0.29) is 0 Å². The summed E-state index contributed by atoms with van der Waals surface area (Å²) in [6.07, 6.45) is 3.75. The molecule has 168 valence electrons. The highest BCUT2D eigenvalue weighted by Crippen LogP contribution is 2.47. The van der Waals surface area contributed by atoms with Gasteiger partial charge in [-0.2, -0.15) is 5.26 Å². The van der Waals surface area contributed by atoms with Crippen molar-refractivity contribution in [2.24, 2.45) is 0 Å². The second-order valence-corrected chi connectivity index (χ2v) is 8.67. The minimum atomic E-state index is -1.32. The number of rotatable bonds is 4. The Hall–Kier alpha value is -4.06. The molecule has 1 spiro atoms. The molecule has 0 bridgehead atoms. The molecule has 2 aromatic rings. The second-order valence-electron chi connectivity index (χ2n) is 8.67. The van der Waals surface area contributed by atoms with Crippen molar-refractivity contribution in [2.75, 3.05) is 11.9 Å². The van der Waals surface area contributed by atoms with Crippen LogP contribution in [0.3, 0.4) is 0 Å². The lowest BCUT2D eigenvalue weighted by atomic mass is 9.91. The van der Waals surface area contributed by atoms with Gasteiger partial charge in [0.15, 0.2) is 11.5 Å². The van der Waals surface area contributed by atoms with E-state index in [1.807, 2.05) is 6.07 Å². The van der Waals surface area contributed by atoms with E-state index < -0.39 is 35.7 Å². The van der Waals surface area contributed by atoms with Crippen LogP contribution in [-0.4, -0.2) is 35.1 Å². The SMILES string of the molecule is CC1(c2ccc(C#N)cc2)NC(=O)N(CC(=O)Nc2ccc3c(c2)OC2(CCCC2)O3)C1=O. The molecule has 3 aliphatic rings. The zero-order valence-corrected chi connectivity index (χ0v) is 18.0. The first-order valence-corrected chi connectivity index (χ1v) is 10.8. The van der Waals surface area contributed by atoms with Gasteiger partial charge in [-0.25, -0.2) is 4.79 Å². The molecule has 1 unspecified atom stereocenters. The molecule has 2 aliphatic heterocycles. The number of hydrogen-bond acceptors (Lipinski definition) is 6. The van der Waals surface area contributed by atoms with Crippen LogP contribution in [0, 0.1) is 11.3 Å². The van der Waals surface area contributed by atoms with Crippen molar-refractivity contribution < 1.29 is 23.9 Å². The van der Waals surface area contributed by atoms with Crippen molar-refractivity contribution in [1.29, 1.82) is 5.26 Å². The molecule has 5 rings (SSSR count). The van der Waals surface area contributed by atoms with Crippen LogP contribution in [-0.2, 0) is 15.1 Å². The highest BCUT2D eigenvalue weighted by Gasteiger charge is 2.49. The fourth-order valence-corrected chi connectivity index (χ4v) is 4.55. The lowest BCUT2D eigenvalue weighted by Crippen LogP contribution is -2.42. The Bertz CT molecular complexity index is 1200. The van der Waals surface area contributed by atoms with Crippen LogP contribution in [0.15, 0.2) is 42.5 Å². The van der Waals surface area contributed by atoms with Gasteiger partial charge in [-0.1, -0.05) is 12.1 Å². The standard InChI is InChI=1S/C24H22N4O5/c1-23(16-6-4-15(13-25)5-7-16)21(30)28(22(31)27-23)14-20(29)26-17-8-9-18-19(12-17)33-24(32-18)10-2-3-11-24/h4-9,12H,2-3,10-11,14H2,1H3,(H,26,29)(H,27,31). The first kappa shape index (κ1) is 20.8. The molecule has 9 nitrogen and oxygen atoms in total. The van der Waals surface area contributed by atoms with Gasteiger partial charge in [0.05, 0.1) is 11.6 Å². The van der Waals surface area contributed by atoms with Gasteiger partial charge < -0.3 is 20.1 Å². The summed E-state index contributed by atoms with van der Waals surface area (Å²) >= 11 is 0. The first-order chi connectivity index (χ1) is 15.8. The number of nitriles is 1. The van der Waals surface area contributed by atoms with E-state index in [0.29, 0.717) is 28.3 Å². The first-order valence-electron chi connectivity index (χ1n) is 10.8. The summed E-state index contributed by atoms with van der Waals surface area (Å²) in [6, 6.07) is 12.9. The number of hydrogen-bond donors (Lipinski definition) is 2. The zero-order valence-electron chi connectivity index (χ0n) is 18.0. The number of nitrogens with one attached hydrogen (secondary N) is 2. The van der Waals surface area contributed by atoms with E-state index in [0.717, 1.165) is 30.6 Å². The van der Waals surface area contributed by atoms with Crippen LogP contribution in [0.25, 0.3) is 0 Å². The van der Waals surface area contributed by atoms with Crippen molar-refractivity contribution in [2.45, 2.75) is 43.9 Å². The smallest absolute Gasteiger partial charge is 0.325 e. The fourth-order valence-electron chi connectivity index (χ4n) is 4.55. The van der Waals surface area contributed by atoms with E-state index in [1.54, 1.807) is 49.4 Å². The van der Waals surface area contributed by atoms with Gasteiger partial charge in [0, 0.05) is 24.6 Å². The molecule has 9 heteroatoms. The Morgan fingerprint density at radius 2 is 1.82 bits per heavy atom. The van der Waals surface area contributed by atoms with E-state index in [1.165, 1.54) is 0 Å². The quantitative estimate of drug-likeness (QED) is 0.697. The fraction of sp³-hybridized carbons (Fsp3) is 0.333. The summed E-state index contributed by atoms with van der Waals surface area (Å²) in [5.41, 5.74) is 0.135. The largest absolute Gasteiger partial charge is 0.448 e. The monoisotopic (exact) mass is 446 g/mol. The third-order valence-corrected chi connectivity index (χ3v) is 6.35. The Labute approximate surface area is 190 Å². The molecule has 1 saturated heterocycles. The minimum Gasteiger partial charge on any atom is -0.448 e. The molecular formula is C24H22N4O5. The maximum absolute atomic E-state index is 13.0. The number of urea groups is 1. The number of ether oxygens (including phenoxy) is 2. The summed E-state index contributed by atoms with van der Waals surface area (Å²) in [5, 5.41) is 14.3. The molecule has 0 aromatic heterocycles. The van der Waals surface area contributed by atoms with Crippen LogP contribution in [0.4, 0.5) is 10.5 Å². The van der Waals surface area contributed by atoms with E-state index in [2.05, 4.69) is 10.6 Å². The number of fused-ring (bicyclic) bond motifs is 1. The Kier molecular flexibility index (Phi) is 4.74. The molecule has 1 aliphatic carbocycles. The Morgan fingerprint density at radius 1 is 1.12 bits per heavy atom. The van der Waals surface area contributed by atoms with Gasteiger partial charge in [-0.3, -0.25) is 14.5 Å². The van der Waals surface area contributed by atoms with Gasteiger partial charge in [-0.05, 0) is 49.6 Å². The maximum Gasteiger partial charge on any atom is 0.325 e. The van der Waals surface area contributed by atoms with E-state index in [4.69, 9.17) is 14.7 Å². The number of imide groups is 1. The van der Waals surface area contributed by atoms with Crippen LogP contribution in [0.1, 0.15) is 43.7 Å². The van der Waals surface area contributed by atoms with Gasteiger partial charge in [0.25, 0.3) is 11.7 Å². The molecule has 1 saturated carbocycles. The summed E-state index contributed by atoms with van der Waals surface area (Å²) in [6.45, 7) is 1.14. The molecule has 1 atom stereocenters. The van der Waals surface area contributed by atoms with Gasteiger partial charge in [-0.15, -0.1) is 0 Å². The van der Waals surface area contributed by atoms with Crippen molar-refractivity contribution in [3.8, 4) is 17.6 Å². The van der Waals surface area contributed by atoms with Crippen LogP contribution < -0.4 is 20.1 Å². The van der Waals surface area contributed by atoms with Crippen LogP contribution >= 0.6 is 0 Å². The molecule has 33 heavy (non-hydrogen) atoms. The molecule has 2 N–H and O–H groups in total. The van der Waals surface area contributed by atoms with Gasteiger partial charge in [0.2, 0.25) is 5.91 Å². The lowest BCUT2D eigenvalue weighted by molar-refractivity contribution is -0.133. The van der Waals surface area contributed by atoms with Crippen molar-refractivity contribution in [3.05, 3.63) is 53.6 Å². The minimum absolute atomic E-state index is 0.436. The average Bonchev–Trinajstić information content (AvgIpc) is 3.47. The Balaban J connectivity index is 1.26. The van der Waals surface area contributed by atoms with Crippen molar-refractivity contribution >= 4 is 23.5 Å². The predicted octanol–water partition coefficient (Wildman–Crippen LogP) is 3.01. The highest BCUT2D eigenvalue weighted by molar-refractivity contribution is 6.10. The average molecular weight is 446 g/mol. The molecule has 2 aromatic carbocycles. The molecule has 0 radical (unpaired) electrons. The number of carbonyl (C=O) groups excluding carboxylic acids is 3. The predicted molar refractivity (Wildman–Crippen MR) is 116 cm³/mol. The van der Waals surface area contributed by atoms with Crippen LogP contribution in [0.5, 0.6) is 11.5 Å². The van der Waals surface area contributed by atoms with E-state index in [9.17, 15) is 14.4 Å². The Morgan fingerprint density at radius 3 is 2.52 bits per heavy atom. The number of anilines is 1. The van der Waals surface area contributed by atoms with Gasteiger partial charge in [0.1, 0.15) is 12.1 Å². The lowest BCUT2D eigenvalue weighted by Gasteiger charge is -2.22. The molecule has 4 amide bonds. The summed E-state index contributed by atoms with van der Waals surface area (Å²) < 4.78 is 12.0. The third kappa shape index (κ3) is 3.53. The number of amides is 4. The molecule has 2 heterocycles. The zero-order chi connectivity index (χ0) is 23.2. The third-order valence-electron chi connectivity index (χ3n) is 6.35. The number of carbonyl (C=O) groups is 3. The van der Waals surface area contributed by atoms with E-state index >= 15 is 0 Å². The number of benzene rings is 2. The normalized spacial score (nSPS) is 22.4. The van der Waals surface area contributed by atoms with Crippen LogP contribution in [0.2, 0.25) is 0 Å². The molecule has 2 fully saturated rings. The summed E-state index contributed by atoms with van der Waals surface area (Å²) in [4.78, 5) is 39.1. The van der Waals surface area contributed by atoms with Gasteiger partial charge >= 0.3 is 6.03 Å². The van der Waals surface area contributed by atoms with Crippen molar-refractivity contribution in [3.63, 3.8) is 0 Å². The highest BCUT2D eigenvalue weighted by atomic mass is 16.7. The summed E-state index contributed by atoms with van der Waals surface area (Å²) in [7, 11) is 0. The number of nitrogens with zero attached hydrogens (tertiary/aromatic N) is 2. The topological polar surface area (TPSA) is 121 Å². The van der Waals surface area contributed by atoms with Crippen molar-refractivity contribution in [1.82, 2.24) is 10.2 Å². The molecular weight excluding hydrogens is 424 g/mol.